The molecule has 0 aromatic rings. The molecule has 0 radical (unpaired) electrons. The maximum atomic E-state index is 11.0. The molecule has 1 amide bonds. The molecule has 0 bridgehead atoms. The second-order valence-electron chi connectivity index (χ2n) is 3.70. The molecule has 0 saturated carbocycles. The van der Waals surface area contributed by atoms with E-state index in [4.69, 9.17) is 0 Å². The summed E-state index contributed by atoms with van der Waals surface area (Å²) >= 11 is 0. The largest absolute Gasteiger partial charge is 1.00 e. The molecule has 0 unspecified atom stereocenters. The molecule has 5 N–H and O–H groups in total. The maximum absolute atomic E-state index is 11.0. The standard InChI is InChI=1S/C10H20N2O.ClH.H3N/c1-9(2)10(13)11-7-5-6-8-12(3)4;;/h1,5-8H2,2-4H3,(H,11,13);1H;1H3. The van der Waals surface area contributed by atoms with Crippen LogP contribution in [0, 0.1) is 0 Å². The summed E-state index contributed by atoms with van der Waals surface area (Å²) in [6, 6.07) is 0. The van der Waals surface area contributed by atoms with Crippen molar-refractivity contribution in [1.29, 1.82) is 0 Å². The van der Waals surface area contributed by atoms with E-state index in [1.807, 2.05) is 0 Å². The second kappa shape index (κ2) is 11.5. The second-order valence-corrected chi connectivity index (χ2v) is 3.70. The molecule has 0 spiro atoms. The fourth-order valence-electron chi connectivity index (χ4n) is 0.956. The minimum atomic E-state index is -0.0304. The van der Waals surface area contributed by atoms with Gasteiger partial charge in [0.25, 0.3) is 0 Å². The molecule has 5 heteroatoms. The molecule has 0 aliphatic carbocycles. The predicted octanol–water partition coefficient (Wildman–Crippen LogP) is -3.23. The highest BCUT2D eigenvalue weighted by Crippen LogP contribution is 1.87. The average molecular weight is 238 g/mol. The van der Waals surface area contributed by atoms with Crippen LogP contribution in [0.25, 0.3) is 0 Å². The molecule has 4 nitrogen and oxygen atoms in total. The normalized spacial score (nSPS) is 8.80. The predicted molar refractivity (Wildman–Crippen MR) is 59.8 cm³/mol. The monoisotopic (exact) mass is 237 g/mol. The van der Waals surface area contributed by atoms with Gasteiger partial charge >= 0.3 is 0 Å². The number of halogens is 1. The topological polar surface area (TPSA) is 68.5 Å². The van der Waals surface area contributed by atoms with Crippen LogP contribution in [-0.2, 0) is 4.79 Å². The SMILES string of the molecule is C=C(C)C(=O)NCCCC[NH+](C)C.N.[Cl-]. The Morgan fingerprint density at radius 1 is 1.33 bits per heavy atom. The van der Waals surface area contributed by atoms with Gasteiger partial charge in [-0.15, -0.1) is 0 Å². The number of nitrogens with one attached hydrogen (secondary N) is 2. The summed E-state index contributed by atoms with van der Waals surface area (Å²) < 4.78 is 0. The minimum absolute atomic E-state index is 0. The first-order valence-corrected chi connectivity index (χ1v) is 4.76. The van der Waals surface area contributed by atoms with E-state index < -0.39 is 0 Å². The van der Waals surface area contributed by atoms with Crippen LogP contribution in [0.3, 0.4) is 0 Å². The van der Waals surface area contributed by atoms with Gasteiger partial charge in [-0.3, -0.25) is 4.79 Å². The zero-order valence-corrected chi connectivity index (χ0v) is 10.8. The molecule has 92 valence electrons. The van der Waals surface area contributed by atoms with Gasteiger partial charge in [0, 0.05) is 12.1 Å². The van der Waals surface area contributed by atoms with E-state index in [1.54, 1.807) is 6.92 Å². The number of amides is 1. The number of unbranched alkanes of at least 4 members (excludes halogenated alkanes) is 1. The van der Waals surface area contributed by atoms with Crippen molar-refractivity contribution in [2.45, 2.75) is 19.8 Å². The lowest BCUT2D eigenvalue weighted by Crippen LogP contribution is -3.05. The van der Waals surface area contributed by atoms with Crippen LogP contribution in [-0.4, -0.2) is 33.1 Å². The number of hydrogen-bond acceptors (Lipinski definition) is 2. The van der Waals surface area contributed by atoms with Gasteiger partial charge in [0.1, 0.15) is 0 Å². The summed E-state index contributed by atoms with van der Waals surface area (Å²) in [7, 11) is 4.26. The Morgan fingerprint density at radius 3 is 2.27 bits per heavy atom. The lowest BCUT2D eigenvalue weighted by atomic mass is 10.3. The summed E-state index contributed by atoms with van der Waals surface area (Å²) in [5.41, 5.74) is 0.582. The third-order valence-corrected chi connectivity index (χ3v) is 1.78. The van der Waals surface area contributed by atoms with Crippen molar-refractivity contribution in [2.24, 2.45) is 0 Å². The summed E-state index contributed by atoms with van der Waals surface area (Å²) in [6.45, 7) is 7.21. The molecule has 0 aromatic carbocycles. The van der Waals surface area contributed by atoms with E-state index in [0.29, 0.717) is 5.57 Å². The number of quaternary nitrogens is 1. The molecule has 0 saturated heterocycles. The maximum Gasteiger partial charge on any atom is 0.246 e. The summed E-state index contributed by atoms with van der Waals surface area (Å²) in [4.78, 5) is 12.5. The van der Waals surface area contributed by atoms with Gasteiger partial charge in [0.05, 0.1) is 20.6 Å². The lowest BCUT2D eigenvalue weighted by molar-refractivity contribution is -0.858. The highest BCUT2D eigenvalue weighted by molar-refractivity contribution is 5.91. The van der Waals surface area contributed by atoms with Gasteiger partial charge < -0.3 is 28.8 Å². The zero-order chi connectivity index (χ0) is 10.3. The van der Waals surface area contributed by atoms with E-state index in [2.05, 4.69) is 26.0 Å². The van der Waals surface area contributed by atoms with Gasteiger partial charge in [-0.1, -0.05) is 6.58 Å². The molecule has 0 rings (SSSR count). The first kappa shape index (κ1) is 19.9. The minimum Gasteiger partial charge on any atom is -1.00 e. The number of carbonyl (C=O) groups excluding carboxylic acids is 1. The molecular formula is C10H24ClN3O. The Labute approximate surface area is 99.1 Å². The first-order chi connectivity index (χ1) is 6.04. The molecule has 0 aliphatic heterocycles. The third kappa shape index (κ3) is 13.4. The molecule has 0 atom stereocenters. The van der Waals surface area contributed by atoms with Crippen LogP contribution in [0.4, 0.5) is 0 Å². The van der Waals surface area contributed by atoms with E-state index in [-0.39, 0.29) is 24.5 Å². The van der Waals surface area contributed by atoms with Crippen LogP contribution in [0.15, 0.2) is 12.2 Å². The first-order valence-electron chi connectivity index (χ1n) is 4.76. The van der Waals surface area contributed by atoms with Crippen molar-refractivity contribution in [3.8, 4) is 0 Å². The fraction of sp³-hybridized carbons (Fsp3) is 0.700. The van der Waals surface area contributed by atoms with Crippen molar-refractivity contribution in [2.75, 3.05) is 27.2 Å². The molecule has 0 fully saturated rings. The number of hydrogen-bond donors (Lipinski definition) is 3. The smallest absolute Gasteiger partial charge is 0.246 e. The van der Waals surface area contributed by atoms with Crippen molar-refractivity contribution >= 4 is 5.91 Å². The van der Waals surface area contributed by atoms with Gasteiger partial charge in [-0.05, 0) is 19.8 Å². The highest BCUT2D eigenvalue weighted by Gasteiger charge is 1.99. The van der Waals surface area contributed by atoms with Gasteiger partial charge in [-0.2, -0.15) is 0 Å². The van der Waals surface area contributed by atoms with Crippen LogP contribution in [0.5, 0.6) is 0 Å². The van der Waals surface area contributed by atoms with E-state index in [0.717, 1.165) is 25.9 Å². The molecule has 0 aliphatic rings. The summed E-state index contributed by atoms with van der Waals surface area (Å²) in [5.74, 6) is -0.0304. The van der Waals surface area contributed by atoms with Crippen molar-refractivity contribution in [1.82, 2.24) is 11.5 Å². The Hall–Kier alpha value is -0.580. The summed E-state index contributed by atoms with van der Waals surface area (Å²) in [5, 5.41) is 2.81. The van der Waals surface area contributed by atoms with Crippen LogP contribution < -0.4 is 28.8 Å². The van der Waals surface area contributed by atoms with Crippen LogP contribution >= 0.6 is 0 Å². The fourth-order valence-corrected chi connectivity index (χ4v) is 0.956. The lowest BCUT2D eigenvalue weighted by Gasteiger charge is -2.07. The Balaban J connectivity index is -0.000000720. The van der Waals surface area contributed by atoms with Crippen LogP contribution in [0.1, 0.15) is 19.8 Å². The quantitative estimate of drug-likeness (QED) is 0.336. The van der Waals surface area contributed by atoms with Gasteiger partial charge in [0.15, 0.2) is 0 Å². The van der Waals surface area contributed by atoms with E-state index >= 15 is 0 Å². The third-order valence-electron chi connectivity index (χ3n) is 1.78. The van der Waals surface area contributed by atoms with Crippen molar-refractivity contribution in [3.63, 3.8) is 0 Å². The van der Waals surface area contributed by atoms with Crippen molar-refractivity contribution in [3.05, 3.63) is 12.2 Å². The molecule has 15 heavy (non-hydrogen) atoms. The average Bonchev–Trinajstić information content (AvgIpc) is 2.02. The Morgan fingerprint density at radius 2 is 1.87 bits per heavy atom. The zero-order valence-electron chi connectivity index (χ0n) is 10.0. The van der Waals surface area contributed by atoms with E-state index in [9.17, 15) is 4.79 Å². The highest BCUT2D eigenvalue weighted by atomic mass is 35.5. The molecule has 0 heterocycles. The van der Waals surface area contributed by atoms with Gasteiger partial charge in [-0.25, -0.2) is 0 Å². The Kier molecular flexibility index (Phi) is 15.3. The molecular weight excluding hydrogens is 214 g/mol. The summed E-state index contributed by atoms with van der Waals surface area (Å²) in [6.07, 6.45) is 2.20. The van der Waals surface area contributed by atoms with E-state index in [1.165, 1.54) is 4.90 Å². The number of rotatable bonds is 6. The molecule has 0 aromatic heterocycles. The Bertz CT molecular complexity index is 184. The number of carbonyl (C=O) groups is 1. The van der Waals surface area contributed by atoms with Crippen LogP contribution in [0.2, 0.25) is 0 Å². The van der Waals surface area contributed by atoms with Gasteiger partial charge in [0.2, 0.25) is 5.91 Å². The van der Waals surface area contributed by atoms with Crippen molar-refractivity contribution < 1.29 is 22.1 Å².